The van der Waals surface area contributed by atoms with Crippen molar-refractivity contribution >= 4 is 22.4 Å². The van der Waals surface area contributed by atoms with E-state index >= 15 is 0 Å². The standard InChI is InChI=1S/C20H22N4O3/c1-22(2)11-13-12-24(16-6-4-5-7-17(16)27-13)20(26)18-14-8-9-23(3)19(25)15(14)10-21-18/h4-10,13,21H,11-12H2,1-3H3. The molecule has 4 rings (SSSR count). The summed E-state index contributed by atoms with van der Waals surface area (Å²) >= 11 is 0. The lowest BCUT2D eigenvalue weighted by atomic mass is 10.1. The van der Waals surface area contributed by atoms with Crippen LogP contribution in [0.2, 0.25) is 0 Å². The number of nitrogens with one attached hydrogen (secondary N) is 1. The number of amides is 1. The molecular formula is C20H22N4O3. The van der Waals surface area contributed by atoms with E-state index in [0.29, 0.717) is 35.3 Å². The van der Waals surface area contributed by atoms with Crippen molar-refractivity contribution in [2.45, 2.75) is 6.10 Å². The zero-order chi connectivity index (χ0) is 19.1. The third-order valence-corrected chi connectivity index (χ3v) is 4.80. The predicted octanol–water partition coefficient (Wildman–Crippen LogP) is 1.84. The van der Waals surface area contributed by atoms with Crippen LogP contribution in [0.1, 0.15) is 10.5 Å². The number of hydrogen-bond acceptors (Lipinski definition) is 4. The van der Waals surface area contributed by atoms with Crippen LogP contribution in [0.3, 0.4) is 0 Å². The third-order valence-electron chi connectivity index (χ3n) is 4.80. The van der Waals surface area contributed by atoms with E-state index in [1.807, 2.05) is 43.3 Å². The summed E-state index contributed by atoms with van der Waals surface area (Å²) in [5.74, 6) is 0.522. The van der Waals surface area contributed by atoms with Gasteiger partial charge in [-0.25, -0.2) is 0 Å². The van der Waals surface area contributed by atoms with Crippen LogP contribution in [-0.4, -0.2) is 53.6 Å². The van der Waals surface area contributed by atoms with E-state index in [9.17, 15) is 9.59 Å². The van der Waals surface area contributed by atoms with Gasteiger partial charge < -0.3 is 19.2 Å². The Morgan fingerprint density at radius 2 is 2.04 bits per heavy atom. The maximum Gasteiger partial charge on any atom is 0.275 e. The number of nitrogens with zero attached hydrogens (tertiary/aromatic N) is 3. The Morgan fingerprint density at radius 1 is 1.26 bits per heavy atom. The van der Waals surface area contributed by atoms with Gasteiger partial charge in [0, 0.05) is 31.4 Å². The average molecular weight is 366 g/mol. The van der Waals surface area contributed by atoms with Crippen LogP contribution >= 0.6 is 0 Å². The molecular weight excluding hydrogens is 344 g/mol. The third kappa shape index (κ3) is 3.00. The second-order valence-electron chi connectivity index (χ2n) is 7.11. The highest BCUT2D eigenvalue weighted by Gasteiger charge is 2.31. The number of hydrogen-bond donors (Lipinski definition) is 1. The number of aryl methyl sites for hydroxylation is 1. The molecule has 0 saturated carbocycles. The van der Waals surface area contributed by atoms with Gasteiger partial charge in [0.2, 0.25) is 0 Å². The minimum atomic E-state index is -0.169. The summed E-state index contributed by atoms with van der Waals surface area (Å²) in [5.41, 5.74) is 1.03. The monoisotopic (exact) mass is 366 g/mol. The van der Waals surface area contributed by atoms with Crippen LogP contribution < -0.4 is 15.2 Å². The van der Waals surface area contributed by atoms with Gasteiger partial charge in [-0.05, 0) is 32.3 Å². The number of aromatic amines is 1. The fraction of sp³-hybridized carbons (Fsp3) is 0.300. The SMILES string of the molecule is CN(C)CC1CN(C(=O)c2[nH]cc3c(=O)n(C)ccc23)c2ccccc2O1. The topological polar surface area (TPSA) is 70.6 Å². The number of para-hydroxylation sites is 2. The summed E-state index contributed by atoms with van der Waals surface area (Å²) in [5, 5.41) is 1.14. The van der Waals surface area contributed by atoms with Crippen LogP contribution in [0.4, 0.5) is 5.69 Å². The minimum Gasteiger partial charge on any atom is -0.485 e. The van der Waals surface area contributed by atoms with Gasteiger partial charge >= 0.3 is 0 Å². The van der Waals surface area contributed by atoms with Gasteiger partial charge in [0.25, 0.3) is 11.5 Å². The van der Waals surface area contributed by atoms with Crippen molar-refractivity contribution in [3.05, 3.63) is 58.8 Å². The van der Waals surface area contributed by atoms with Crippen molar-refractivity contribution in [2.75, 3.05) is 32.1 Å². The van der Waals surface area contributed by atoms with E-state index in [2.05, 4.69) is 4.98 Å². The van der Waals surface area contributed by atoms with E-state index in [-0.39, 0.29) is 17.6 Å². The minimum absolute atomic E-state index is 0.129. The number of fused-ring (bicyclic) bond motifs is 2. The number of H-pyrrole nitrogens is 1. The van der Waals surface area contributed by atoms with Gasteiger partial charge in [-0.3, -0.25) is 14.5 Å². The summed E-state index contributed by atoms with van der Waals surface area (Å²) < 4.78 is 7.57. The number of carbonyl (C=O) groups excluding carboxylic acids is 1. The molecule has 140 valence electrons. The number of anilines is 1. The summed E-state index contributed by atoms with van der Waals surface area (Å²) in [6.45, 7) is 1.14. The molecule has 3 heterocycles. The van der Waals surface area contributed by atoms with E-state index in [0.717, 1.165) is 5.69 Å². The van der Waals surface area contributed by atoms with Gasteiger partial charge in [0.15, 0.2) is 0 Å². The molecule has 0 fully saturated rings. The highest BCUT2D eigenvalue weighted by atomic mass is 16.5. The second-order valence-corrected chi connectivity index (χ2v) is 7.11. The van der Waals surface area contributed by atoms with Crippen LogP contribution in [0.25, 0.3) is 10.8 Å². The first-order chi connectivity index (χ1) is 13.0. The second kappa shape index (κ2) is 6.59. The summed E-state index contributed by atoms with van der Waals surface area (Å²) in [7, 11) is 5.65. The maximum atomic E-state index is 13.4. The van der Waals surface area contributed by atoms with Gasteiger partial charge in [0.1, 0.15) is 17.5 Å². The summed E-state index contributed by atoms with van der Waals surface area (Å²) in [6, 6.07) is 9.33. The average Bonchev–Trinajstić information content (AvgIpc) is 3.07. The van der Waals surface area contributed by atoms with Crippen molar-refractivity contribution in [2.24, 2.45) is 7.05 Å². The van der Waals surface area contributed by atoms with Crippen LogP contribution in [-0.2, 0) is 7.05 Å². The van der Waals surface area contributed by atoms with Crippen molar-refractivity contribution in [1.29, 1.82) is 0 Å². The van der Waals surface area contributed by atoms with Crippen LogP contribution in [0.15, 0.2) is 47.5 Å². The first-order valence-electron chi connectivity index (χ1n) is 8.84. The fourth-order valence-electron chi connectivity index (χ4n) is 3.53. The lowest BCUT2D eigenvalue weighted by Gasteiger charge is -2.35. The molecule has 7 heteroatoms. The molecule has 1 aromatic carbocycles. The Balaban J connectivity index is 1.76. The maximum absolute atomic E-state index is 13.4. The Hall–Kier alpha value is -3.06. The smallest absolute Gasteiger partial charge is 0.275 e. The molecule has 0 radical (unpaired) electrons. The molecule has 3 aromatic rings. The lowest BCUT2D eigenvalue weighted by Crippen LogP contribution is -2.47. The van der Waals surface area contributed by atoms with Crippen LogP contribution in [0.5, 0.6) is 5.75 Å². The zero-order valence-electron chi connectivity index (χ0n) is 15.6. The number of carbonyl (C=O) groups is 1. The van der Waals surface area contributed by atoms with Gasteiger partial charge in [-0.1, -0.05) is 12.1 Å². The summed E-state index contributed by atoms with van der Waals surface area (Å²) in [6.07, 6.45) is 3.15. The largest absolute Gasteiger partial charge is 0.485 e. The number of pyridine rings is 1. The first-order valence-corrected chi connectivity index (χ1v) is 8.84. The first kappa shape index (κ1) is 17.4. The molecule has 1 aliphatic rings. The number of benzene rings is 1. The molecule has 0 spiro atoms. The molecule has 1 atom stereocenters. The number of aromatic nitrogens is 2. The van der Waals surface area contributed by atoms with Crippen molar-refractivity contribution in [1.82, 2.24) is 14.5 Å². The van der Waals surface area contributed by atoms with Crippen LogP contribution in [0, 0.1) is 0 Å². The molecule has 1 aliphatic heterocycles. The van der Waals surface area contributed by atoms with E-state index in [4.69, 9.17) is 4.74 Å². The van der Waals surface area contributed by atoms with E-state index in [1.165, 1.54) is 4.57 Å². The highest BCUT2D eigenvalue weighted by molar-refractivity contribution is 6.13. The van der Waals surface area contributed by atoms with Crippen molar-refractivity contribution in [3.8, 4) is 5.75 Å². The zero-order valence-corrected chi connectivity index (χ0v) is 15.6. The molecule has 0 aliphatic carbocycles. The highest BCUT2D eigenvalue weighted by Crippen LogP contribution is 2.34. The Morgan fingerprint density at radius 3 is 2.81 bits per heavy atom. The molecule has 2 aromatic heterocycles. The predicted molar refractivity (Wildman–Crippen MR) is 105 cm³/mol. The molecule has 27 heavy (non-hydrogen) atoms. The van der Waals surface area contributed by atoms with Gasteiger partial charge in [0.05, 0.1) is 17.6 Å². The Bertz CT molecular complexity index is 1070. The molecule has 1 N–H and O–H groups in total. The van der Waals surface area contributed by atoms with E-state index in [1.54, 1.807) is 30.4 Å². The number of rotatable bonds is 3. The van der Waals surface area contributed by atoms with E-state index < -0.39 is 0 Å². The quantitative estimate of drug-likeness (QED) is 0.768. The Labute approximate surface area is 156 Å². The normalized spacial score (nSPS) is 16.4. The van der Waals surface area contributed by atoms with Gasteiger partial charge in [-0.15, -0.1) is 0 Å². The van der Waals surface area contributed by atoms with Crippen molar-refractivity contribution in [3.63, 3.8) is 0 Å². The number of likely N-dealkylation sites (N-methyl/N-ethyl adjacent to an activating group) is 1. The molecule has 0 bridgehead atoms. The molecule has 1 unspecified atom stereocenters. The van der Waals surface area contributed by atoms with Gasteiger partial charge in [-0.2, -0.15) is 0 Å². The molecule has 0 saturated heterocycles. The molecule has 7 nitrogen and oxygen atoms in total. The molecule has 1 amide bonds. The Kier molecular flexibility index (Phi) is 4.24. The lowest BCUT2D eigenvalue weighted by molar-refractivity contribution is 0.0938. The number of ether oxygens (including phenoxy) is 1. The summed E-state index contributed by atoms with van der Waals surface area (Å²) in [4.78, 5) is 32.5. The fourth-order valence-corrected chi connectivity index (χ4v) is 3.53. The van der Waals surface area contributed by atoms with Crippen molar-refractivity contribution < 1.29 is 9.53 Å².